The quantitative estimate of drug-likeness (QED) is 0.751. The highest BCUT2D eigenvalue weighted by molar-refractivity contribution is 7.90. The first-order valence-electron chi connectivity index (χ1n) is 9.09. The van der Waals surface area contributed by atoms with Crippen LogP contribution in [-0.2, 0) is 19.4 Å². The van der Waals surface area contributed by atoms with Crippen molar-refractivity contribution in [3.63, 3.8) is 0 Å². The molecule has 6 heteroatoms. The van der Waals surface area contributed by atoms with Crippen molar-refractivity contribution >= 4 is 15.8 Å². The van der Waals surface area contributed by atoms with Gasteiger partial charge in [0.25, 0.3) is 0 Å². The van der Waals surface area contributed by atoms with Crippen LogP contribution in [0.4, 0.5) is 0 Å². The van der Waals surface area contributed by atoms with Crippen molar-refractivity contribution in [3.05, 3.63) is 29.8 Å². The van der Waals surface area contributed by atoms with Crippen molar-refractivity contribution in [2.24, 2.45) is 0 Å². The maximum Gasteiger partial charge on any atom is 0.326 e. The largest absolute Gasteiger partial charge is 0.465 e. The second-order valence-corrected chi connectivity index (χ2v) is 9.22. The van der Waals surface area contributed by atoms with Crippen LogP contribution in [-0.4, -0.2) is 50.8 Å². The summed E-state index contributed by atoms with van der Waals surface area (Å²) in [6, 6.07) is 7.26. The third-order valence-electron chi connectivity index (χ3n) is 5.72. The van der Waals surface area contributed by atoms with Crippen molar-refractivity contribution in [2.45, 2.75) is 55.4 Å². The van der Waals surface area contributed by atoms with Crippen molar-refractivity contribution < 1.29 is 17.9 Å². The molecule has 1 saturated carbocycles. The van der Waals surface area contributed by atoms with Crippen LogP contribution in [0.25, 0.3) is 0 Å². The smallest absolute Gasteiger partial charge is 0.326 e. The number of piperidine rings is 1. The van der Waals surface area contributed by atoms with Gasteiger partial charge >= 0.3 is 5.97 Å². The zero-order valence-electron chi connectivity index (χ0n) is 15.0. The van der Waals surface area contributed by atoms with E-state index < -0.39 is 9.84 Å². The summed E-state index contributed by atoms with van der Waals surface area (Å²) in [5.74, 6) is 0.362. The third-order valence-corrected chi connectivity index (χ3v) is 6.84. The molecule has 2 fully saturated rings. The van der Waals surface area contributed by atoms with E-state index in [1.165, 1.54) is 11.8 Å². The summed E-state index contributed by atoms with van der Waals surface area (Å²) in [5.41, 5.74) is 0.798. The average Bonchev–Trinajstić information content (AvgIpc) is 2.54. The van der Waals surface area contributed by atoms with Crippen LogP contribution in [0.5, 0.6) is 0 Å². The summed E-state index contributed by atoms with van der Waals surface area (Å²) in [6.07, 6.45) is 6.09. The van der Waals surface area contributed by atoms with E-state index in [0.29, 0.717) is 17.4 Å². The minimum atomic E-state index is -3.15. The Morgan fingerprint density at radius 2 is 1.80 bits per heavy atom. The summed E-state index contributed by atoms with van der Waals surface area (Å²) < 4.78 is 28.5. The topological polar surface area (TPSA) is 63.7 Å². The summed E-state index contributed by atoms with van der Waals surface area (Å²) >= 11 is 0. The van der Waals surface area contributed by atoms with Gasteiger partial charge in [0.1, 0.15) is 5.54 Å². The molecule has 0 spiro atoms. The maximum atomic E-state index is 12.4. The first-order chi connectivity index (χ1) is 11.9. The van der Waals surface area contributed by atoms with Crippen molar-refractivity contribution in [1.29, 1.82) is 0 Å². The number of likely N-dealkylation sites (tertiary alicyclic amines) is 1. The van der Waals surface area contributed by atoms with Gasteiger partial charge in [0, 0.05) is 6.26 Å². The summed E-state index contributed by atoms with van der Waals surface area (Å²) in [4.78, 5) is 15.1. The van der Waals surface area contributed by atoms with E-state index >= 15 is 0 Å². The standard InChI is InChI=1S/C19H27NO4S/c1-3-24-18(21)19(11-4-12-19)20-13-9-16(10-14-20)15-5-7-17(8-6-15)25(2,22)23/h5-8,16H,3-4,9-14H2,1-2H3. The van der Waals surface area contributed by atoms with Crippen LogP contribution >= 0.6 is 0 Å². The fourth-order valence-corrected chi connectivity index (χ4v) is 4.69. The zero-order chi connectivity index (χ0) is 18.1. The molecule has 2 aliphatic rings. The van der Waals surface area contributed by atoms with Crippen LogP contribution in [0.3, 0.4) is 0 Å². The molecule has 0 atom stereocenters. The van der Waals surface area contributed by atoms with Gasteiger partial charge in [-0.1, -0.05) is 12.1 Å². The molecule has 0 unspecified atom stereocenters. The van der Waals surface area contributed by atoms with Gasteiger partial charge in [-0.3, -0.25) is 9.69 Å². The highest BCUT2D eigenvalue weighted by Crippen LogP contribution is 2.42. The molecule has 138 valence electrons. The van der Waals surface area contributed by atoms with Gasteiger partial charge in [-0.2, -0.15) is 0 Å². The molecule has 0 amide bonds. The van der Waals surface area contributed by atoms with Gasteiger partial charge in [-0.15, -0.1) is 0 Å². The number of hydrogen-bond acceptors (Lipinski definition) is 5. The normalized spacial score (nSPS) is 21.5. The zero-order valence-corrected chi connectivity index (χ0v) is 15.8. The second kappa shape index (κ2) is 7.08. The highest BCUT2D eigenvalue weighted by Gasteiger charge is 2.50. The van der Waals surface area contributed by atoms with Crippen LogP contribution < -0.4 is 0 Å². The molecule has 0 aromatic heterocycles. The molecule has 3 rings (SSSR count). The van der Waals surface area contributed by atoms with Gasteiger partial charge in [-0.05, 0) is 75.7 Å². The van der Waals surface area contributed by atoms with E-state index in [0.717, 1.165) is 45.2 Å². The molecule has 0 bridgehead atoms. The van der Waals surface area contributed by atoms with Gasteiger partial charge in [0.2, 0.25) is 0 Å². The first kappa shape index (κ1) is 18.4. The number of carbonyl (C=O) groups excluding carboxylic acids is 1. The second-order valence-electron chi connectivity index (χ2n) is 7.21. The van der Waals surface area contributed by atoms with E-state index in [1.807, 2.05) is 19.1 Å². The number of esters is 1. The Balaban J connectivity index is 1.65. The molecular weight excluding hydrogens is 338 g/mol. The Labute approximate surface area is 150 Å². The van der Waals surface area contributed by atoms with Crippen LogP contribution in [0, 0.1) is 0 Å². The number of nitrogens with zero attached hydrogens (tertiary/aromatic N) is 1. The molecule has 1 heterocycles. The van der Waals surface area contributed by atoms with Crippen LogP contribution in [0.2, 0.25) is 0 Å². The van der Waals surface area contributed by atoms with Crippen molar-refractivity contribution in [3.8, 4) is 0 Å². The molecular formula is C19H27NO4S. The fourth-order valence-electron chi connectivity index (χ4n) is 4.05. The average molecular weight is 365 g/mol. The molecule has 1 aliphatic heterocycles. The minimum absolute atomic E-state index is 0.0581. The number of sulfone groups is 1. The van der Waals surface area contributed by atoms with Gasteiger partial charge < -0.3 is 4.74 Å². The molecule has 1 saturated heterocycles. The Kier molecular flexibility index (Phi) is 5.21. The lowest BCUT2D eigenvalue weighted by atomic mass is 9.73. The van der Waals surface area contributed by atoms with Gasteiger partial charge in [-0.25, -0.2) is 8.42 Å². The number of hydrogen-bond donors (Lipinski definition) is 0. The maximum absolute atomic E-state index is 12.4. The predicted octanol–water partition coefficient (Wildman–Crippen LogP) is 2.76. The lowest BCUT2D eigenvalue weighted by Gasteiger charge is -2.50. The molecule has 0 radical (unpaired) electrons. The number of rotatable bonds is 5. The Hall–Kier alpha value is -1.40. The predicted molar refractivity (Wildman–Crippen MR) is 96.3 cm³/mol. The molecule has 25 heavy (non-hydrogen) atoms. The van der Waals surface area contributed by atoms with Crippen LogP contribution in [0.15, 0.2) is 29.2 Å². The van der Waals surface area contributed by atoms with Crippen LogP contribution in [0.1, 0.15) is 50.5 Å². The Morgan fingerprint density at radius 1 is 1.20 bits per heavy atom. The lowest BCUT2D eigenvalue weighted by Crippen LogP contribution is -2.61. The number of benzene rings is 1. The van der Waals surface area contributed by atoms with Crippen molar-refractivity contribution in [1.82, 2.24) is 4.90 Å². The highest BCUT2D eigenvalue weighted by atomic mass is 32.2. The van der Waals surface area contributed by atoms with Gasteiger partial charge in [0.15, 0.2) is 9.84 Å². The molecule has 0 N–H and O–H groups in total. The first-order valence-corrected chi connectivity index (χ1v) is 11.0. The van der Waals surface area contributed by atoms with Gasteiger partial charge in [0.05, 0.1) is 11.5 Å². The summed E-state index contributed by atoms with van der Waals surface area (Å²) in [6.45, 7) is 4.06. The number of ether oxygens (including phenoxy) is 1. The van der Waals surface area contributed by atoms with Crippen molar-refractivity contribution in [2.75, 3.05) is 26.0 Å². The minimum Gasteiger partial charge on any atom is -0.465 e. The monoisotopic (exact) mass is 365 g/mol. The SMILES string of the molecule is CCOC(=O)C1(N2CCC(c3ccc(S(C)(=O)=O)cc3)CC2)CCC1. The molecule has 1 aromatic carbocycles. The lowest BCUT2D eigenvalue weighted by molar-refractivity contribution is -0.166. The summed E-state index contributed by atoms with van der Waals surface area (Å²) in [5, 5.41) is 0. The van der Waals surface area contributed by atoms with E-state index in [1.54, 1.807) is 12.1 Å². The Morgan fingerprint density at radius 3 is 2.24 bits per heavy atom. The number of carbonyl (C=O) groups is 1. The van der Waals surface area contributed by atoms with E-state index in [-0.39, 0.29) is 11.5 Å². The van der Waals surface area contributed by atoms with E-state index in [4.69, 9.17) is 4.74 Å². The summed E-state index contributed by atoms with van der Waals surface area (Å²) in [7, 11) is -3.15. The fraction of sp³-hybridized carbons (Fsp3) is 0.632. The molecule has 5 nitrogen and oxygen atoms in total. The molecule has 1 aromatic rings. The van der Waals surface area contributed by atoms with E-state index in [9.17, 15) is 13.2 Å². The third kappa shape index (κ3) is 3.60. The van der Waals surface area contributed by atoms with E-state index in [2.05, 4.69) is 4.90 Å². The Bertz CT molecular complexity index is 714. The molecule has 1 aliphatic carbocycles.